The normalized spacial score (nSPS) is 13.9. The molecule has 0 fully saturated rings. The molecule has 0 spiro atoms. The zero-order valence-electron chi connectivity index (χ0n) is 8.18. The second-order valence-electron chi connectivity index (χ2n) is 3.37. The smallest absolute Gasteiger partial charge is 0.149 e. The highest BCUT2D eigenvalue weighted by Gasteiger charge is 2.08. The minimum Gasteiger partial charge on any atom is -0.276 e. The molecule has 16 heavy (non-hydrogen) atoms. The summed E-state index contributed by atoms with van der Waals surface area (Å²) in [6.45, 7) is 0. The minimum absolute atomic E-state index is 0.423. The lowest BCUT2D eigenvalue weighted by atomic mass is 10.1. The molecule has 2 heterocycles. The number of hydrogen-bond acceptors (Lipinski definition) is 4. The topological polar surface area (TPSA) is 50.2 Å². The third-order valence-corrected chi connectivity index (χ3v) is 2.61. The van der Waals surface area contributed by atoms with E-state index in [0.717, 1.165) is 22.2 Å². The van der Waals surface area contributed by atoms with Crippen molar-refractivity contribution in [3.8, 4) is 0 Å². The van der Waals surface area contributed by atoms with Crippen LogP contribution in [0.4, 0.5) is 5.69 Å². The Labute approximate surface area is 96.6 Å². The number of anilines is 1. The molecule has 2 aromatic rings. The fourth-order valence-electron chi connectivity index (χ4n) is 1.65. The van der Waals surface area contributed by atoms with Crippen LogP contribution in [0.5, 0.6) is 0 Å². The molecule has 1 aromatic carbocycles. The van der Waals surface area contributed by atoms with E-state index in [1.165, 1.54) is 0 Å². The van der Waals surface area contributed by atoms with Gasteiger partial charge in [-0.15, -0.1) is 0 Å². The molecule has 0 unspecified atom stereocenters. The summed E-state index contributed by atoms with van der Waals surface area (Å²) in [4.78, 5) is 0. The van der Waals surface area contributed by atoms with Crippen molar-refractivity contribution in [1.29, 1.82) is 0 Å². The number of fused-ring (bicyclic) bond motifs is 3. The number of hydrazone groups is 1. The number of rotatable bonds is 0. The predicted molar refractivity (Wildman–Crippen MR) is 65.5 cm³/mol. The standard InChI is InChI=1S/C11H7ClN4/c12-10-4-2-7-1-3-9-8(5-6-13-14-9)11(7)16-15-10/h1-6,16H. The number of nitrogens with zero attached hydrogens (tertiary/aromatic N) is 3. The van der Waals surface area contributed by atoms with Gasteiger partial charge < -0.3 is 0 Å². The molecule has 0 atom stereocenters. The van der Waals surface area contributed by atoms with E-state index >= 15 is 0 Å². The van der Waals surface area contributed by atoms with Crippen molar-refractivity contribution >= 4 is 39.4 Å². The first-order valence-electron chi connectivity index (χ1n) is 4.76. The van der Waals surface area contributed by atoms with Crippen molar-refractivity contribution in [3.05, 3.63) is 36.0 Å². The molecule has 1 aliphatic rings. The maximum absolute atomic E-state index is 5.84. The van der Waals surface area contributed by atoms with Gasteiger partial charge in [-0.25, -0.2) is 0 Å². The van der Waals surface area contributed by atoms with E-state index in [1.54, 1.807) is 12.3 Å². The Kier molecular flexibility index (Phi) is 2.08. The first kappa shape index (κ1) is 9.30. The van der Waals surface area contributed by atoms with Crippen molar-refractivity contribution in [2.45, 2.75) is 0 Å². The average molecular weight is 231 g/mol. The summed E-state index contributed by atoms with van der Waals surface area (Å²) in [5.41, 5.74) is 5.70. The summed E-state index contributed by atoms with van der Waals surface area (Å²) >= 11 is 5.84. The van der Waals surface area contributed by atoms with Crippen LogP contribution in [-0.4, -0.2) is 15.4 Å². The summed E-state index contributed by atoms with van der Waals surface area (Å²) in [5.74, 6) is 0. The second-order valence-corrected chi connectivity index (χ2v) is 3.76. The van der Waals surface area contributed by atoms with Crippen LogP contribution in [0.3, 0.4) is 0 Å². The van der Waals surface area contributed by atoms with Gasteiger partial charge in [0.1, 0.15) is 5.17 Å². The summed E-state index contributed by atoms with van der Waals surface area (Å²) in [6, 6.07) is 5.78. The maximum Gasteiger partial charge on any atom is 0.149 e. The Morgan fingerprint density at radius 3 is 3.00 bits per heavy atom. The summed E-state index contributed by atoms with van der Waals surface area (Å²) < 4.78 is 0. The van der Waals surface area contributed by atoms with Crippen molar-refractivity contribution in [1.82, 2.24) is 10.2 Å². The van der Waals surface area contributed by atoms with Crippen molar-refractivity contribution in [3.63, 3.8) is 0 Å². The molecule has 5 heteroatoms. The highest BCUT2D eigenvalue weighted by Crippen LogP contribution is 2.28. The van der Waals surface area contributed by atoms with Crippen LogP contribution in [0.1, 0.15) is 5.56 Å². The summed E-state index contributed by atoms with van der Waals surface area (Å²) in [7, 11) is 0. The molecule has 1 aliphatic heterocycles. The van der Waals surface area contributed by atoms with Gasteiger partial charge in [0.25, 0.3) is 0 Å². The van der Waals surface area contributed by atoms with Crippen molar-refractivity contribution in [2.75, 3.05) is 5.43 Å². The van der Waals surface area contributed by atoms with E-state index < -0.39 is 0 Å². The molecular weight excluding hydrogens is 224 g/mol. The van der Waals surface area contributed by atoms with Gasteiger partial charge in [0, 0.05) is 10.9 Å². The second kappa shape index (κ2) is 3.57. The molecule has 0 bridgehead atoms. The van der Waals surface area contributed by atoms with Crippen molar-refractivity contribution < 1.29 is 0 Å². The zero-order valence-corrected chi connectivity index (χ0v) is 8.94. The Balaban J connectivity index is 2.32. The van der Waals surface area contributed by atoms with Crippen LogP contribution in [0.2, 0.25) is 0 Å². The van der Waals surface area contributed by atoms with E-state index in [1.807, 2.05) is 24.3 Å². The number of nitrogens with one attached hydrogen (secondary N) is 1. The van der Waals surface area contributed by atoms with Gasteiger partial charge in [-0.3, -0.25) is 5.43 Å². The Bertz CT molecular complexity index is 618. The molecule has 0 saturated heterocycles. The molecule has 0 radical (unpaired) electrons. The molecule has 0 amide bonds. The third kappa shape index (κ3) is 1.44. The van der Waals surface area contributed by atoms with E-state index in [2.05, 4.69) is 20.7 Å². The Morgan fingerprint density at radius 1 is 1.12 bits per heavy atom. The highest BCUT2D eigenvalue weighted by molar-refractivity contribution is 6.68. The van der Waals surface area contributed by atoms with Crippen LogP contribution in [-0.2, 0) is 0 Å². The lowest BCUT2D eigenvalue weighted by Crippen LogP contribution is -1.94. The van der Waals surface area contributed by atoms with Crippen LogP contribution in [0.25, 0.3) is 17.0 Å². The van der Waals surface area contributed by atoms with Gasteiger partial charge in [0.15, 0.2) is 0 Å². The van der Waals surface area contributed by atoms with Gasteiger partial charge in [-0.1, -0.05) is 17.7 Å². The summed E-state index contributed by atoms with van der Waals surface area (Å²) in [5, 5.41) is 13.3. The van der Waals surface area contributed by atoms with E-state index in [9.17, 15) is 0 Å². The fourth-order valence-corrected chi connectivity index (χ4v) is 1.76. The largest absolute Gasteiger partial charge is 0.276 e. The quantitative estimate of drug-likeness (QED) is 0.757. The Hall–Kier alpha value is -1.94. The molecule has 0 aliphatic carbocycles. The minimum atomic E-state index is 0.423. The molecule has 4 nitrogen and oxygen atoms in total. The fraction of sp³-hybridized carbons (Fsp3) is 0. The van der Waals surface area contributed by atoms with E-state index in [0.29, 0.717) is 5.17 Å². The average Bonchev–Trinajstić information content (AvgIpc) is 2.52. The Morgan fingerprint density at radius 2 is 2.06 bits per heavy atom. The highest BCUT2D eigenvalue weighted by atomic mass is 35.5. The molecule has 1 N–H and O–H groups in total. The number of benzene rings is 1. The zero-order chi connectivity index (χ0) is 11.0. The van der Waals surface area contributed by atoms with Gasteiger partial charge in [-0.05, 0) is 24.3 Å². The molecule has 0 saturated carbocycles. The van der Waals surface area contributed by atoms with Gasteiger partial charge in [0.05, 0.1) is 17.4 Å². The van der Waals surface area contributed by atoms with Crippen molar-refractivity contribution in [2.24, 2.45) is 5.10 Å². The molecule has 78 valence electrons. The monoisotopic (exact) mass is 230 g/mol. The van der Waals surface area contributed by atoms with Gasteiger partial charge in [-0.2, -0.15) is 15.3 Å². The van der Waals surface area contributed by atoms with E-state index in [-0.39, 0.29) is 0 Å². The lowest BCUT2D eigenvalue weighted by molar-refractivity contribution is 1.08. The first-order chi connectivity index (χ1) is 7.84. The molecular formula is C11H7ClN4. The number of hydrogen-bond donors (Lipinski definition) is 1. The van der Waals surface area contributed by atoms with Crippen LogP contribution >= 0.6 is 11.6 Å². The molecule has 1 aromatic heterocycles. The van der Waals surface area contributed by atoms with E-state index in [4.69, 9.17) is 11.6 Å². The number of aromatic nitrogens is 2. The SMILES string of the molecule is ClC1=NNc2c(ccc3nnccc23)C=C1. The predicted octanol–water partition coefficient (Wildman–Crippen LogP) is 2.62. The van der Waals surface area contributed by atoms with Crippen LogP contribution in [0, 0.1) is 0 Å². The van der Waals surface area contributed by atoms with Gasteiger partial charge in [0.2, 0.25) is 0 Å². The van der Waals surface area contributed by atoms with Gasteiger partial charge >= 0.3 is 0 Å². The summed E-state index contributed by atoms with van der Waals surface area (Å²) in [6.07, 6.45) is 5.33. The molecule has 3 rings (SSSR count). The first-order valence-corrected chi connectivity index (χ1v) is 5.14. The third-order valence-electron chi connectivity index (χ3n) is 2.40. The number of allylic oxidation sites excluding steroid dienone is 1. The number of halogens is 1. The van der Waals surface area contributed by atoms with Crippen LogP contribution < -0.4 is 5.43 Å². The maximum atomic E-state index is 5.84. The lowest BCUT2D eigenvalue weighted by Gasteiger charge is -2.07. The van der Waals surface area contributed by atoms with Crippen LogP contribution in [0.15, 0.2) is 35.6 Å².